The van der Waals surface area contributed by atoms with E-state index >= 15 is 0 Å². The van der Waals surface area contributed by atoms with Gasteiger partial charge in [-0.1, -0.05) is 22.0 Å². The van der Waals surface area contributed by atoms with E-state index in [9.17, 15) is 13.6 Å². The first-order chi connectivity index (χ1) is 9.08. The van der Waals surface area contributed by atoms with Crippen LogP contribution in [-0.4, -0.2) is 5.97 Å². The van der Waals surface area contributed by atoms with Crippen LogP contribution in [0.5, 0.6) is 0 Å². The molecule has 0 fully saturated rings. The minimum atomic E-state index is -1.04. The first-order valence-electron chi connectivity index (χ1n) is 5.52. The standard InChI is InChI=1S/C14H7BrF2O2/c15-7-4-5-8-9(6-7)13(19-14(8)18)12-10(16)2-1-3-11(12)17/h1-6,13H. The van der Waals surface area contributed by atoms with Gasteiger partial charge in [-0.05, 0) is 30.3 Å². The average molecular weight is 325 g/mol. The van der Waals surface area contributed by atoms with E-state index in [1.54, 1.807) is 18.2 Å². The molecule has 1 atom stereocenters. The van der Waals surface area contributed by atoms with Crippen molar-refractivity contribution >= 4 is 21.9 Å². The Balaban J connectivity index is 2.20. The van der Waals surface area contributed by atoms with Crippen molar-refractivity contribution in [2.24, 2.45) is 0 Å². The molecular formula is C14H7BrF2O2. The van der Waals surface area contributed by atoms with E-state index in [1.807, 2.05) is 0 Å². The zero-order chi connectivity index (χ0) is 13.6. The first kappa shape index (κ1) is 12.3. The lowest BCUT2D eigenvalue weighted by Gasteiger charge is -2.13. The lowest BCUT2D eigenvalue weighted by atomic mass is 9.98. The maximum Gasteiger partial charge on any atom is 0.339 e. The number of carbonyl (C=O) groups is 1. The largest absolute Gasteiger partial charge is 0.449 e. The zero-order valence-electron chi connectivity index (χ0n) is 9.49. The molecule has 0 radical (unpaired) electrons. The molecule has 0 saturated carbocycles. The molecule has 0 bridgehead atoms. The van der Waals surface area contributed by atoms with Crippen LogP contribution in [0.25, 0.3) is 0 Å². The quantitative estimate of drug-likeness (QED) is 0.741. The van der Waals surface area contributed by atoms with E-state index in [0.717, 1.165) is 12.1 Å². The van der Waals surface area contributed by atoms with Crippen LogP contribution in [0.1, 0.15) is 27.6 Å². The van der Waals surface area contributed by atoms with Crippen LogP contribution in [-0.2, 0) is 4.74 Å². The van der Waals surface area contributed by atoms with E-state index in [0.29, 0.717) is 15.6 Å². The normalized spacial score (nSPS) is 17.2. The number of rotatable bonds is 1. The molecular weight excluding hydrogens is 318 g/mol. The highest BCUT2D eigenvalue weighted by atomic mass is 79.9. The van der Waals surface area contributed by atoms with Gasteiger partial charge in [0.1, 0.15) is 11.6 Å². The van der Waals surface area contributed by atoms with Crippen molar-refractivity contribution in [1.29, 1.82) is 0 Å². The Morgan fingerprint density at radius 3 is 2.47 bits per heavy atom. The molecule has 0 aromatic heterocycles. The minimum absolute atomic E-state index is 0.243. The molecule has 96 valence electrons. The predicted octanol–water partition coefficient (Wildman–Crippen LogP) is 3.99. The van der Waals surface area contributed by atoms with Crippen LogP contribution in [0.3, 0.4) is 0 Å². The number of hydrogen-bond donors (Lipinski definition) is 0. The monoisotopic (exact) mass is 324 g/mol. The lowest BCUT2D eigenvalue weighted by Crippen LogP contribution is -2.06. The van der Waals surface area contributed by atoms with Crippen LogP contribution < -0.4 is 0 Å². The second kappa shape index (κ2) is 4.42. The van der Waals surface area contributed by atoms with E-state index in [4.69, 9.17) is 4.74 Å². The zero-order valence-corrected chi connectivity index (χ0v) is 11.1. The van der Waals surface area contributed by atoms with Crippen LogP contribution >= 0.6 is 15.9 Å². The van der Waals surface area contributed by atoms with Crippen LogP contribution in [0.15, 0.2) is 40.9 Å². The molecule has 19 heavy (non-hydrogen) atoms. The summed E-state index contributed by atoms with van der Waals surface area (Å²) in [6.45, 7) is 0. The molecule has 0 amide bonds. The lowest BCUT2D eigenvalue weighted by molar-refractivity contribution is 0.0445. The maximum atomic E-state index is 13.8. The van der Waals surface area contributed by atoms with Crippen molar-refractivity contribution in [2.75, 3.05) is 0 Å². The Bertz CT molecular complexity index is 665. The fourth-order valence-corrected chi connectivity index (χ4v) is 2.52. The Morgan fingerprint density at radius 1 is 1.11 bits per heavy atom. The first-order valence-corrected chi connectivity index (χ1v) is 6.31. The SMILES string of the molecule is O=C1OC(c2c(F)cccc2F)c2cc(Br)ccc21. The second-order valence-electron chi connectivity index (χ2n) is 4.15. The van der Waals surface area contributed by atoms with Gasteiger partial charge < -0.3 is 4.74 Å². The highest BCUT2D eigenvalue weighted by Gasteiger charge is 2.35. The van der Waals surface area contributed by atoms with E-state index in [2.05, 4.69) is 15.9 Å². The van der Waals surface area contributed by atoms with Gasteiger partial charge >= 0.3 is 5.97 Å². The second-order valence-corrected chi connectivity index (χ2v) is 5.07. The summed E-state index contributed by atoms with van der Waals surface area (Å²) in [6, 6.07) is 8.44. The van der Waals surface area contributed by atoms with Crippen LogP contribution in [0.4, 0.5) is 8.78 Å². The third-order valence-electron chi connectivity index (χ3n) is 3.00. The van der Waals surface area contributed by atoms with E-state index in [-0.39, 0.29) is 5.56 Å². The summed E-state index contributed by atoms with van der Waals surface area (Å²) in [4.78, 5) is 11.7. The molecule has 3 rings (SSSR count). The number of ether oxygens (including phenoxy) is 1. The highest BCUT2D eigenvalue weighted by molar-refractivity contribution is 9.10. The minimum Gasteiger partial charge on any atom is -0.449 e. The Hall–Kier alpha value is -1.75. The average Bonchev–Trinajstić information content (AvgIpc) is 2.66. The maximum absolute atomic E-state index is 13.8. The molecule has 0 N–H and O–H groups in total. The Kier molecular flexibility index (Phi) is 2.86. The van der Waals surface area contributed by atoms with Gasteiger partial charge in [-0.25, -0.2) is 13.6 Å². The number of benzene rings is 2. The number of fused-ring (bicyclic) bond motifs is 1. The Morgan fingerprint density at radius 2 is 1.79 bits per heavy atom. The van der Waals surface area contributed by atoms with Crippen molar-refractivity contribution < 1.29 is 18.3 Å². The summed E-state index contributed by atoms with van der Waals surface area (Å²) in [6.07, 6.45) is -1.04. The molecule has 0 aliphatic carbocycles. The topological polar surface area (TPSA) is 26.3 Å². The van der Waals surface area contributed by atoms with Gasteiger partial charge in [0.2, 0.25) is 0 Å². The van der Waals surface area contributed by atoms with Gasteiger partial charge in [0.25, 0.3) is 0 Å². The third-order valence-corrected chi connectivity index (χ3v) is 3.50. The smallest absolute Gasteiger partial charge is 0.339 e. The predicted molar refractivity (Wildman–Crippen MR) is 67.8 cm³/mol. The summed E-state index contributed by atoms with van der Waals surface area (Å²) >= 11 is 3.27. The molecule has 1 aliphatic rings. The van der Waals surface area contributed by atoms with E-state index in [1.165, 1.54) is 6.07 Å². The van der Waals surface area contributed by atoms with Crippen molar-refractivity contribution in [1.82, 2.24) is 0 Å². The van der Waals surface area contributed by atoms with Gasteiger partial charge in [-0.3, -0.25) is 0 Å². The molecule has 1 heterocycles. The fraction of sp³-hybridized carbons (Fsp3) is 0.0714. The van der Waals surface area contributed by atoms with Crippen LogP contribution in [0.2, 0.25) is 0 Å². The molecule has 1 aliphatic heterocycles. The van der Waals surface area contributed by atoms with Gasteiger partial charge in [-0.15, -0.1) is 0 Å². The molecule has 1 unspecified atom stereocenters. The summed E-state index contributed by atoms with van der Waals surface area (Å²) in [5.74, 6) is -2.04. The van der Waals surface area contributed by atoms with Crippen molar-refractivity contribution in [3.8, 4) is 0 Å². The summed E-state index contributed by atoms with van der Waals surface area (Å²) in [7, 11) is 0. The van der Waals surface area contributed by atoms with E-state index < -0.39 is 23.7 Å². The molecule has 0 saturated heterocycles. The summed E-state index contributed by atoms with van der Waals surface area (Å²) in [5.41, 5.74) is 0.548. The van der Waals surface area contributed by atoms with Gasteiger partial charge in [0.05, 0.1) is 11.1 Å². The number of hydrogen-bond acceptors (Lipinski definition) is 2. The van der Waals surface area contributed by atoms with Crippen LogP contribution in [0, 0.1) is 11.6 Å². The fourth-order valence-electron chi connectivity index (χ4n) is 2.15. The summed E-state index contributed by atoms with van der Waals surface area (Å²) in [5, 5.41) is 0. The van der Waals surface area contributed by atoms with Crippen molar-refractivity contribution in [3.05, 3.63) is 69.2 Å². The molecule has 2 aromatic carbocycles. The molecule has 5 heteroatoms. The molecule has 2 aromatic rings. The van der Waals surface area contributed by atoms with Crippen molar-refractivity contribution in [3.63, 3.8) is 0 Å². The third kappa shape index (κ3) is 1.94. The highest BCUT2D eigenvalue weighted by Crippen LogP contribution is 2.39. The number of esters is 1. The van der Waals surface area contributed by atoms with Crippen molar-refractivity contribution in [2.45, 2.75) is 6.10 Å². The summed E-state index contributed by atoms with van der Waals surface area (Å²) < 4.78 is 33.4. The number of carbonyl (C=O) groups excluding carboxylic acids is 1. The number of cyclic esters (lactones) is 1. The van der Waals surface area contributed by atoms with Gasteiger partial charge in [0, 0.05) is 10.0 Å². The molecule has 2 nitrogen and oxygen atoms in total. The Labute approximate surface area is 116 Å². The van der Waals surface area contributed by atoms with Gasteiger partial charge in [0.15, 0.2) is 6.10 Å². The van der Waals surface area contributed by atoms with Gasteiger partial charge in [-0.2, -0.15) is 0 Å². The molecule has 0 spiro atoms. The number of halogens is 3.